The lowest BCUT2D eigenvalue weighted by atomic mass is 9.79. The molecule has 0 unspecified atom stereocenters. The van der Waals surface area contributed by atoms with Crippen LogP contribution in [-0.2, 0) is 6.42 Å². The van der Waals surface area contributed by atoms with Crippen LogP contribution in [0.3, 0.4) is 0 Å². The van der Waals surface area contributed by atoms with Crippen LogP contribution in [0.5, 0.6) is 5.75 Å². The van der Waals surface area contributed by atoms with Gasteiger partial charge in [0, 0.05) is 0 Å². The molecule has 0 radical (unpaired) electrons. The lowest BCUT2D eigenvalue weighted by molar-refractivity contribution is 0.305. The highest BCUT2D eigenvalue weighted by atomic mass is 19.2. The summed E-state index contributed by atoms with van der Waals surface area (Å²) in [7, 11) is 0. The van der Waals surface area contributed by atoms with Crippen LogP contribution in [0.2, 0.25) is 0 Å². The predicted octanol–water partition coefficient (Wildman–Crippen LogP) is 4.21. The van der Waals surface area contributed by atoms with Gasteiger partial charge in [0.15, 0.2) is 11.6 Å². The largest absolute Gasteiger partial charge is 0.505 e. The van der Waals surface area contributed by atoms with Crippen LogP contribution in [0, 0.1) is 23.5 Å². The van der Waals surface area contributed by atoms with Gasteiger partial charge in [-0.25, -0.2) is 4.39 Å². The number of allylic oxidation sites excluding steroid dienone is 1. The molecule has 98 valence electrons. The Bertz CT molecular complexity index is 434. The zero-order chi connectivity index (χ0) is 13.1. The van der Waals surface area contributed by atoms with Gasteiger partial charge in [-0.1, -0.05) is 12.1 Å². The third-order valence-corrected chi connectivity index (χ3v) is 3.88. The number of benzene rings is 1. The Kier molecular flexibility index (Phi) is 4.00. The lowest BCUT2D eigenvalue weighted by Crippen LogP contribution is -2.15. The SMILES string of the molecule is C=CC1CCC(Cc2ccc(O)c(F)c2F)CC1. The molecule has 0 spiro atoms. The monoisotopic (exact) mass is 252 g/mol. The molecule has 0 heterocycles. The molecule has 1 aliphatic rings. The topological polar surface area (TPSA) is 20.2 Å². The van der Waals surface area contributed by atoms with Gasteiger partial charge in [0.25, 0.3) is 0 Å². The van der Waals surface area contributed by atoms with E-state index in [4.69, 9.17) is 5.11 Å². The molecule has 1 aromatic carbocycles. The van der Waals surface area contributed by atoms with E-state index >= 15 is 0 Å². The van der Waals surface area contributed by atoms with Gasteiger partial charge in [-0.15, -0.1) is 6.58 Å². The third kappa shape index (κ3) is 2.71. The number of hydrogen-bond donors (Lipinski definition) is 1. The predicted molar refractivity (Wildman–Crippen MR) is 67.4 cm³/mol. The van der Waals surface area contributed by atoms with Crippen LogP contribution in [0.15, 0.2) is 24.8 Å². The van der Waals surface area contributed by atoms with E-state index in [1.54, 1.807) is 0 Å². The fraction of sp³-hybridized carbons (Fsp3) is 0.467. The zero-order valence-electron chi connectivity index (χ0n) is 10.3. The second-order valence-corrected chi connectivity index (χ2v) is 5.09. The molecule has 0 aliphatic heterocycles. The van der Waals surface area contributed by atoms with Gasteiger partial charge < -0.3 is 5.11 Å². The van der Waals surface area contributed by atoms with Crippen molar-refractivity contribution in [2.45, 2.75) is 32.1 Å². The van der Waals surface area contributed by atoms with E-state index in [-0.39, 0.29) is 0 Å². The van der Waals surface area contributed by atoms with Crippen molar-refractivity contribution < 1.29 is 13.9 Å². The summed E-state index contributed by atoms with van der Waals surface area (Å²) in [4.78, 5) is 0. The van der Waals surface area contributed by atoms with Crippen molar-refractivity contribution in [2.24, 2.45) is 11.8 Å². The first kappa shape index (κ1) is 13.1. The standard InChI is InChI=1S/C15H18F2O/c1-2-10-3-5-11(6-4-10)9-12-7-8-13(18)15(17)14(12)16/h2,7-8,10-11,18H,1,3-6,9H2. The maximum Gasteiger partial charge on any atom is 0.200 e. The van der Waals surface area contributed by atoms with Gasteiger partial charge in [0.2, 0.25) is 5.82 Å². The molecule has 1 fully saturated rings. The quantitative estimate of drug-likeness (QED) is 0.799. The number of phenols is 1. The van der Waals surface area contributed by atoms with E-state index < -0.39 is 17.4 Å². The van der Waals surface area contributed by atoms with Crippen molar-refractivity contribution in [1.29, 1.82) is 0 Å². The van der Waals surface area contributed by atoms with Crippen molar-refractivity contribution in [2.75, 3.05) is 0 Å². The number of aromatic hydroxyl groups is 1. The molecule has 0 saturated heterocycles. The summed E-state index contributed by atoms with van der Waals surface area (Å²) < 4.78 is 26.8. The zero-order valence-corrected chi connectivity index (χ0v) is 10.3. The number of rotatable bonds is 3. The number of halogens is 2. The Labute approximate surface area is 106 Å². The average Bonchev–Trinajstić information content (AvgIpc) is 2.40. The molecular formula is C15H18F2O. The number of hydrogen-bond acceptors (Lipinski definition) is 1. The Hall–Kier alpha value is -1.38. The summed E-state index contributed by atoms with van der Waals surface area (Å²) in [5, 5.41) is 9.07. The first-order chi connectivity index (χ1) is 8.61. The fourth-order valence-electron chi connectivity index (χ4n) is 2.68. The third-order valence-electron chi connectivity index (χ3n) is 3.88. The van der Waals surface area contributed by atoms with E-state index in [0.29, 0.717) is 23.8 Å². The minimum Gasteiger partial charge on any atom is -0.505 e. The maximum absolute atomic E-state index is 13.6. The Morgan fingerprint density at radius 1 is 1.17 bits per heavy atom. The van der Waals surface area contributed by atoms with Crippen molar-refractivity contribution >= 4 is 0 Å². The molecule has 1 aromatic rings. The van der Waals surface area contributed by atoms with Crippen molar-refractivity contribution in [3.8, 4) is 5.75 Å². The molecule has 0 aromatic heterocycles. The molecule has 0 atom stereocenters. The van der Waals surface area contributed by atoms with Crippen LogP contribution < -0.4 is 0 Å². The van der Waals surface area contributed by atoms with Crippen LogP contribution in [0.25, 0.3) is 0 Å². The summed E-state index contributed by atoms with van der Waals surface area (Å²) in [5.74, 6) is -1.68. The van der Waals surface area contributed by atoms with Gasteiger partial charge in [0.1, 0.15) is 0 Å². The second kappa shape index (κ2) is 5.51. The summed E-state index contributed by atoms with van der Waals surface area (Å²) in [6.45, 7) is 3.79. The molecule has 3 heteroatoms. The normalized spacial score (nSPS) is 23.9. The molecule has 0 amide bonds. The summed E-state index contributed by atoms with van der Waals surface area (Å²) in [6.07, 6.45) is 6.74. The first-order valence-electron chi connectivity index (χ1n) is 6.40. The highest BCUT2D eigenvalue weighted by Crippen LogP contribution is 2.33. The van der Waals surface area contributed by atoms with E-state index in [2.05, 4.69) is 6.58 Å². The van der Waals surface area contributed by atoms with Crippen molar-refractivity contribution in [3.63, 3.8) is 0 Å². The molecule has 1 saturated carbocycles. The van der Waals surface area contributed by atoms with Crippen LogP contribution >= 0.6 is 0 Å². The Morgan fingerprint density at radius 2 is 1.83 bits per heavy atom. The highest BCUT2D eigenvalue weighted by molar-refractivity contribution is 5.30. The van der Waals surface area contributed by atoms with Crippen LogP contribution in [0.4, 0.5) is 8.78 Å². The van der Waals surface area contributed by atoms with Crippen molar-refractivity contribution in [3.05, 3.63) is 42.0 Å². The van der Waals surface area contributed by atoms with E-state index in [9.17, 15) is 8.78 Å². The minimum atomic E-state index is -1.13. The Morgan fingerprint density at radius 3 is 2.44 bits per heavy atom. The van der Waals surface area contributed by atoms with Gasteiger partial charge in [-0.3, -0.25) is 0 Å². The number of phenolic OH excluding ortho intramolecular Hbond substituents is 1. The van der Waals surface area contributed by atoms with E-state index in [1.165, 1.54) is 12.1 Å². The summed E-state index contributed by atoms with van der Waals surface area (Å²) >= 11 is 0. The molecule has 2 rings (SSSR count). The molecule has 1 N–H and O–H groups in total. The maximum atomic E-state index is 13.6. The molecule has 1 nitrogen and oxygen atoms in total. The average molecular weight is 252 g/mol. The second-order valence-electron chi connectivity index (χ2n) is 5.09. The first-order valence-corrected chi connectivity index (χ1v) is 6.40. The minimum absolute atomic E-state index is 0.368. The van der Waals surface area contributed by atoms with Crippen LogP contribution in [-0.4, -0.2) is 5.11 Å². The van der Waals surface area contributed by atoms with Gasteiger partial charge in [-0.2, -0.15) is 4.39 Å². The van der Waals surface area contributed by atoms with Gasteiger partial charge in [-0.05, 0) is 55.6 Å². The fourth-order valence-corrected chi connectivity index (χ4v) is 2.68. The van der Waals surface area contributed by atoms with Crippen molar-refractivity contribution in [1.82, 2.24) is 0 Å². The molecule has 18 heavy (non-hydrogen) atoms. The molecule has 0 bridgehead atoms. The van der Waals surface area contributed by atoms with E-state index in [0.717, 1.165) is 25.7 Å². The molecule has 1 aliphatic carbocycles. The van der Waals surface area contributed by atoms with Crippen LogP contribution in [0.1, 0.15) is 31.2 Å². The van der Waals surface area contributed by atoms with E-state index in [1.807, 2.05) is 6.08 Å². The smallest absolute Gasteiger partial charge is 0.200 e. The molecular weight excluding hydrogens is 234 g/mol. The lowest BCUT2D eigenvalue weighted by Gasteiger charge is -2.26. The van der Waals surface area contributed by atoms with Gasteiger partial charge >= 0.3 is 0 Å². The highest BCUT2D eigenvalue weighted by Gasteiger charge is 2.22. The summed E-state index contributed by atoms with van der Waals surface area (Å²) in [6, 6.07) is 2.70. The Balaban J connectivity index is 2.02. The van der Waals surface area contributed by atoms with Gasteiger partial charge in [0.05, 0.1) is 0 Å². The summed E-state index contributed by atoms with van der Waals surface area (Å²) in [5.41, 5.74) is 0.368.